The fourth-order valence-corrected chi connectivity index (χ4v) is 5.22. The molecule has 0 spiro atoms. The molecule has 8 nitrogen and oxygen atoms in total. The summed E-state index contributed by atoms with van der Waals surface area (Å²) in [5.41, 5.74) is 2.48. The molecule has 2 saturated heterocycles. The number of rotatable bonds is 5. The van der Waals surface area contributed by atoms with E-state index in [0.29, 0.717) is 28.8 Å². The Bertz CT molecular complexity index is 1260. The van der Waals surface area contributed by atoms with Crippen molar-refractivity contribution in [2.24, 2.45) is 5.92 Å². The Balaban J connectivity index is 1.22. The fraction of sp³-hybridized carbons (Fsp3) is 0.292. The summed E-state index contributed by atoms with van der Waals surface area (Å²) in [6.07, 6.45) is 0.401. The number of aryl methyl sites for hydroxylation is 1. The predicted molar refractivity (Wildman–Crippen MR) is 126 cm³/mol. The highest BCUT2D eigenvalue weighted by Gasteiger charge is 2.37. The average Bonchev–Trinajstić information content (AvgIpc) is 3.53. The lowest BCUT2D eigenvalue weighted by atomic mass is 10.1. The molecule has 0 bridgehead atoms. The molecule has 174 valence electrons. The summed E-state index contributed by atoms with van der Waals surface area (Å²) in [5, 5.41) is 12.1. The summed E-state index contributed by atoms with van der Waals surface area (Å²) >= 11 is 1.25. The van der Waals surface area contributed by atoms with Gasteiger partial charge in [0.1, 0.15) is 10.8 Å². The number of nitrogens with zero attached hydrogens (tertiary/aromatic N) is 4. The first-order valence-corrected chi connectivity index (χ1v) is 11.8. The van der Waals surface area contributed by atoms with Crippen LogP contribution in [0.2, 0.25) is 0 Å². The third kappa shape index (κ3) is 4.28. The van der Waals surface area contributed by atoms with Gasteiger partial charge in [0.25, 0.3) is 0 Å². The summed E-state index contributed by atoms with van der Waals surface area (Å²) in [5.74, 6) is -1.50. The monoisotopic (exact) mass is 479 g/mol. The number of para-hydroxylation sites is 1. The number of anilines is 3. The number of aromatic nitrogens is 2. The minimum atomic E-state index is -0.547. The van der Waals surface area contributed by atoms with Crippen molar-refractivity contribution in [2.45, 2.75) is 25.7 Å². The Kier molecular flexibility index (Phi) is 5.82. The fourth-order valence-electron chi connectivity index (χ4n) is 4.38. The van der Waals surface area contributed by atoms with Crippen LogP contribution in [0.15, 0.2) is 48.5 Å². The number of carbonyl (C=O) groups is 3. The molecule has 2 fully saturated rings. The van der Waals surface area contributed by atoms with Gasteiger partial charge < -0.3 is 15.1 Å². The SMILES string of the molecule is Cc1ccccc1N1CC(c2nnc(NC(=O)C3CC(=O)N(c4ccc(F)cc4)C3)s2)CC1=O. The van der Waals surface area contributed by atoms with Crippen LogP contribution in [0.5, 0.6) is 0 Å². The van der Waals surface area contributed by atoms with E-state index in [1.165, 1.54) is 40.5 Å². The molecule has 10 heteroatoms. The van der Waals surface area contributed by atoms with Crippen LogP contribution < -0.4 is 15.1 Å². The summed E-state index contributed by atoms with van der Waals surface area (Å²) in [7, 11) is 0. The molecule has 34 heavy (non-hydrogen) atoms. The van der Waals surface area contributed by atoms with Crippen LogP contribution in [0.1, 0.15) is 29.3 Å². The largest absolute Gasteiger partial charge is 0.312 e. The first-order valence-electron chi connectivity index (χ1n) is 10.9. The molecule has 1 N–H and O–H groups in total. The third-order valence-corrected chi connectivity index (χ3v) is 7.19. The normalized spacial score (nSPS) is 20.3. The van der Waals surface area contributed by atoms with E-state index in [1.807, 2.05) is 31.2 Å². The van der Waals surface area contributed by atoms with E-state index in [4.69, 9.17) is 0 Å². The molecule has 3 amide bonds. The van der Waals surface area contributed by atoms with Crippen molar-refractivity contribution in [3.8, 4) is 0 Å². The molecule has 0 radical (unpaired) electrons. The quantitative estimate of drug-likeness (QED) is 0.604. The van der Waals surface area contributed by atoms with E-state index < -0.39 is 5.92 Å². The van der Waals surface area contributed by atoms with Crippen LogP contribution >= 0.6 is 11.3 Å². The zero-order chi connectivity index (χ0) is 23.8. The first kappa shape index (κ1) is 22.1. The highest BCUT2D eigenvalue weighted by atomic mass is 32.1. The van der Waals surface area contributed by atoms with Gasteiger partial charge in [0.2, 0.25) is 22.9 Å². The molecule has 2 aliphatic heterocycles. The van der Waals surface area contributed by atoms with Crippen molar-refractivity contribution in [1.82, 2.24) is 10.2 Å². The molecular weight excluding hydrogens is 457 g/mol. The van der Waals surface area contributed by atoms with Crippen LogP contribution in [-0.4, -0.2) is 41.0 Å². The van der Waals surface area contributed by atoms with E-state index in [1.54, 1.807) is 4.90 Å². The Morgan fingerprint density at radius 3 is 2.50 bits per heavy atom. The van der Waals surface area contributed by atoms with Gasteiger partial charge in [0, 0.05) is 43.2 Å². The Morgan fingerprint density at radius 2 is 1.74 bits per heavy atom. The molecule has 1 aromatic heterocycles. The Morgan fingerprint density at radius 1 is 1.00 bits per heavy atom. The van der Waals surface area contributed by atoms with Crippen molar-refractivity contribution >= 4 is 45.6 Å². The maximum atomic E-state index is 13.2. The average molecular weight is 480 g/mol. The molecule has 0 aliphatic carbocycles. The molecule has 3 aromatic rings. The minimum absolute atomic E-state index is 0.0328. The molecule has 2 aliphatic rings. The second kappa shape index (κ2) is 8.94. The molecule has 2 unspecified atom stereocenters. The van der Waals surface area contributed by atoms with Crippen molar-refractivity contribution < 1.29 is 18.8 Å². The van der Waals surface area contributed by atoms with Crippen LogP contribution in [0, 0.1) is 18.7 Å². The van der Waals surface area contributed by atoms with Crippen molar-refractivity contribution in [3.63, 3.8) is 0 Å². The number of nitrogens with one attached hydrogen (secondary N) is 1. The number of amides is 3. The van der Waals surface area contributed by atoms with Crippen molar-refractivity contribution in [3.05, 3.63) is 64.9 Å². The van der Waals surface area contributed by atoms with Crippen LogP contribution in [-0.2, 0) is 14.4 Å². The van der Waals surface area contributed by atoms with E-state index >= 15 is 0 Å². The molecule has 2 atom stereocenters. The molecular formula is C24H22FN5O3S. The number of hydrogen-bond acceptors (Lipinski definition) is 6. The predicted octanol–water partition coefficient (Wildman–Crippen LogP) is 3.50. The highest BCUT2D eigenvalue weighted by molar-refractivity contribution is 7.15. The Labute approximate surface area is 199 Å². The minimum Gasteiger partial charge on any atom is -0.312 e. The van der Waals surface area contributed by atoms with Gasteiger partial charge in [0.05, 0.1) is 5.92 Å². The van der Waals surface area contributed by atoms with Crippen molar-refractivity contribution in [2.75, 3.05) is 28.2 Å². The first-order chi connectivity index (χ1) is 16.4. The summed E-state index contributed by atoms with van der Waals surface area (Å²) in [6, 6.07) is 13.4. The standard InChI is InChI=1S/C24H22FN5O3S/c1-14-4-2-3-5-19(14)30-13-16(11-21(30)32)23-27-28-24(34-23)26-22(33)15-10-20(31)29(12-15)18-8-6-17(25)7-9-18/h2-9,15-16H,10-13H2,1H3,(H,26,28,33). The van der Waals surface area contributed by atoms with Gasteiger partial charge >= 0.3 is 0 Å². The Hall–Kier alpha value is -3.66. The topological polar surface area (TPSA) is 95.5 Å². The maximum absolute atomic E-state index is 13.2. The van der Waals surface area contributed by atoms with Gasteiger partial charge in [-0.15, -0.1) is 10.2 Å². The van der Waals surface area contributed by atoms with E-state index in [9.17, 15) is 18.8 Å². The van der Waals surface area contributed by atoms with Crippen LogP contribution in [0.4, 0.5) is 20.9 Å². The van der Waals surface area contributed by atoms with E-state index in [2.05, 4.69) is 15.5 Å². The molecule has 2 aromatic carbocycles. The second-order valence-electron chi connectivity index (χ2n) is 8.51. The summed E-state index contributed by atoms with van der Waals surface area (Å²) in [6.45, 7) is 2.69. The zero-order valence-corrected chi connectivity index (χ0v) is 19.2. The van der Waals surface area contributed by atoms with Gasteiger partial charge in [-0.1, -0.05) is 29.5 Å². The second-order valence-corrected chi connectivity index (χ2v) is 9.52. The van der Waals surface area contributed by atoms with E-state index in [-0.39, 0.29) is 42.4 Å². The number of halogens is 1. The third-order valence-electron chi connectivity index (χ3n) is 6.19. The summed E-state index contributed by atoms with van der Waals surface area (Å²) in [4.78, 5) is 41.1. The number of benzene rings is 2. The van der Waals surface area contributed by atoms with Gasteiger partial charge in [-0.2, -0.15) is 0 Å². The highest BCUT2D eigenvalue weighted by Crippen LogP contribution is 2.35. The van der Waals surface area contributed by atoms with Gasteiger partial charge in [-0.25, -0.2) is 4.39 Å². The van der Waals surface area contributed by atoms with Gasteiger partial charge in [0.15, 0.2) is 0 Å². The number of carbonyl (C=O) groups excluding carboxylic acids is 3. The van der Waals surface area contributed by atoms with E-state index in [0.717, 1.165) is 11.3 Å². The lowest BCUT2D eigenvalue weighted by Crippen LogP contribution is -2.28. The lowest BCUT2D eigenvalue weighted by molar-refractivity contribution is -0.122. The van der Waals surface area contributed by atoms with Crippen LogP contribution in [0.3, 0.4) is 0 Å². The lowest BCUT2D eigenvalue weighted by Gasteiger charge is -2.18. The zero-order valence-electron chi connectivity index (χ0n) is 18.4. The molecule has 3 heterocycles. The van der Waals surface area contributed by atoms with Gasteiger partial charge in [-0.05, 0) is 42.8 Å². The van der Waals surface area contributed by atoms with Crippen LogP contribution in [0.25, 0.3) is 0 Å². The van der Waals surface area contributed by atoms with Gasteiger partial charge in [-0.3, -0.25) is 14.4 Å². The smallest absolute Gasteiger partial charge is 0.231 e. The molecule has 5 rings (SSSR count). The number of hydrogen-bond donors (Lipinski definition) is 1. The molecule has 0 saturated carbocycles. The maximum Gasteiger partial charge on any atom is 0.231 e. The van der Waals surface area contributed by atoms with Crippen molar-refractivity contribution in [1.29, 1.82) is 0 Å². The summed E-state index contributed by atoms with van der Waals surface area (Å²) < 4.78 is 13.2.